The third-order valence-corrected chi connectivity index (χ3v) is 2.47. The second kappa shape index (κ2) is 4.04. The smallest absolute Gasteiger partial charge is 0.183 e. The van der Waals surface area contributed by atoms with Crippen LogP contribution in [-0.4, -0.2) is 20.2 Å². The van der Waals surface area contributed by atoms with Crippen molar-refractivity contribution in [3.63, 3.8) is 0 Å². The molecule has 0 aliphatic rings. The van der Waals surface area contributed by atoms with Gasteiger partial charge < -0.3 is 0 Å². The monoisotopic (exact) mass is 192 g/mol. The van der Waals surface area contributed by atoms with Crippen LogP contribution in [0.2, 0.25) is 0 Å². The second-order valence-electron chi connectivity index (χ2n) is 2.43. The van der Waals surface area contributed by atoms with E-state index in [-0.39, 0.29) is 0 Å². The van der Waals surface area contributed by atoms with E-state index in [2.05, 4.69) is 20.2 Å². The number of thioether (sulfide) groups is 1. The normalized spacial score (nSPS) is 10.2. The summed E-state index contributed by atoms with van der Waals surface area (Å²) >= 11 is 1.62. The van der Waals surface area contributed by atoms with Crippen LogP contribution in [0.1, 0.15) is 5.56 Å². The Hall–Kier alpha value is -1.36. The molecule has 0 aliphatic heterocycles. The number of nitrogens with zero attached hydrogens (tertiary/aromatic N) is 3. The SMILES string of the molecule is c1cc(CSc2ncn[nH]2)ccn1. The van der Waals surface area contributed by atoms with Crippen molar-refractivity contribution in [2.45, 2.75) is 10.9 Å². The zero-order valence-corrected chi connectivity index (χ0v) is 7.66. The van der Waals surface area contributed by atoms with Gasteiger partial charge in [0, 0.05) is 18.1 Å². The first kappa shape index (κ1) is 8.25. The zero-order valence-electron chi connectivity index (χ0n) is 6.84. The summed E-state index contributed by atoms with van der Waals surface area (Å²) in [4.78, 5) is 7.96. The zero-order chi connectivity index (χ0) is 8.93. The number of nitrogens with one attached hydrogen (secondary N) is 1. The van der Waals surface area contributed by atoms with Crippen molar-refractivity contribution in [1.29, 1.82) is 0 Å². The van der Waals surface area contributed by atoms with Crippen LogP contribution in [0, 0.1) is 0 Å². The molecule has 2 aromatic rings. The van der Waals surface area contributed by atoms with Gasteiger partial charge in [0.2, 0.25) is 0 Å². The maximum Gasteiger partial charge on any atom is 0.183 e. The van der Waals surface area contributed by atoms with Gasteiger partial charge >= 0.3 is 0 Å². The fraction of sp³-hybridized carbons (Fsp3) is 0.125. The van der Waals surface area contributed by atoms with Crippen LogP contribution >= 0.6 is 11.8 Å². The van der Waals surface area contributed by atoms with Crippen LogP contribution in [0.3, 0.4) is 0 Å². The Labute approximate surface area is 79.8 Å². The molecule has 0 spiro atoms. The van der Waals surface area contributed by atoms with Crippen LogP contribution in [0.5, 0.6) is 0 Å². The van der Waals surface area contributed by atoms with Crippen LogP contribution in [0.4, 0.5) is 0 Å². The molecule has 2 rings (SSSR count). The lowest BCUT2D eigenvalue weighted by Gasteiger charge is -1.96. The Bertz CT molecular complexity index is 346. The minimum absolute atomic E-state index is 0.844. The lowest BCUT2D eigenvalue weighted by atomic mass is 10.3. The summed E-state index contributed by atoms with van der Waals surface area (Å²) < 4.78 is 0. The highest BCUT2D eigenvalue weighted by molar-refractivity contribution is 7.98. The number of hydrogen-bond acceptors (Lipinski definition) is 4. The van der Waals surface area contributed by atoms with Crippen molar-refractivity contribution in [2.75, 3.05) is 0 Å². The van der Waals surface area contributed by atoms with E-state index in [0.29, 0.717) is 0 Å². The van der Waals surface area contributed by atoms with E-state index in [4.69, 9.17) is 0 Å². The summed E-state index contributed by atoms with van der Waals surface area (Å²) in [6.45, 7) is 0. The highest BCUT2D eigenvalue weighted by Gasteiger charge is 1.96. The molecule has 0 saturated heterocycles. The molecule has 1 N–H and O–H groups in total. The van der Waals surface area contributed by atoms with Gasteiger partial charge in [-0.25, -0.2) is 4.98 Å². The Morgan fingerprint density at radius 3 is 2.85 bits per heavy atom. The number of aromatic nitrogens is 4. The number of H-pyrrole nitrogens is 1. The van der Waals surface area contributed by atoms with Crippen molar-refractivity contribution in [3.8, 4) is 0 Å². The van der Waals surface area contributed by atoms with Gasteiger partial charge in [-0.05, 0) is 17.7 Å². The predicted molar refractivity (Wildman–Crippen MR) is 50.2 cm³/mol. The van der Waals surface area contributed by atoms with Crippen molar-refractivity contribution in [3.05, 3.63) is 36.4 Å². The molecule has 0 bridgehead atoms. The maximum absolute atomic E-state index is 4.01. The van der Waals surface area contributed by atoms with Crippen molar-refractivity contribution in [2.24, 2.45) is 0 Å². The van der Waals surface area contributed by atoms with Crippen molar-refractivity contribution < 1.29 is 0 Å². The summed E-state index contributed by atoms with van der Waals surface area (Å²) in [7, 11) is 0. The molecule has 13 heavy (non-hydrogen) atoms. The largest absolute Gasteiger partial charge is 0.265 e. The van der Waals surface area contributed by atoms with Gasteiger partial charge in [0.1, 0.15) is 6.33 Å². The summed E-state index contributed by atoms with van der Waals surface area (Å²) in [6.07, 6.45) is 5.08. The topological polar surface area (TPSA) is 54.5 Å². The Morgan fingerprint density at radius 2 is 2.15 bits per heavy atom. The number of aromatic amines is 1. The first-order chi connectivity index (χ1) is 6.45. The Morgan fingerprint density at radius 1 is 1.31 bits per heavy atom. The Kier molecular flexibility index (Phi) is 2.56. The van der Waals surface area contributed by atoms with Gasteiger partial charge in [-0.2, -0.15) is 5.10 Å². The predicted octanol–water partition coefficient (Wildman–Crippen LogP) is 1.49. The maximum atomic E-state index is 4.01. The molecule has 4 nitrogen and oxygen atoms in total. The van der Waals surface area contributed by atoms with E-state index in [9.17, 15) is 0 Å². The summed E-state index contributed by atoms with van der Waals surface area (Å²) in [5.41, 5.74) is 1.23. The molecular weight excluding hydrogens is 184 g/mol. The minimum atomic E-state index is 0.844. The summed E-state index contributed by atoms with van der Waals surface area (Å²) in [5, 5.41) is 7.40. The molecule has 0 atom stereocenters. The molecule has 0 amide bonds. The molecule has 0 aliphatic carbocycles. The third kappa shape index (κ3) is 2.29. The van der Waals surface area contributed by atoms with E-state index in [0.717, 1.165) is 10.9 Å². The lowest BCUT2D eigenvalue weighted by molar-refractivity contribution is 0.972. The molecule has 0 radical (unpaired) electrons. The lowest BCUT2D eigenvalue weighted by Crippen LogP contribution is -1.81. The van der Waals surface area contributed by atoms with E-state index in [1.54, 1.807) is 24.2 Å². The number of rotatable bonds is 3. The van der Waals surface area contributed by atoms with Crippen molar-refractivity contribution in [1.82, 2.24) is 20.2 Å². The van der Waals surface area contributed by atoms with Crippen LogP contribution in [0.25, 0.3) is 0 Å². The van der Waals surface area contributed by atoms with Gasteiger partial charge in [0.15, 0.2) is 5.16 Å². The first-order valence-electron chi connectivity index (χ1n) is 3.82. The van der Waals surface area contributed by atoms with E-state index in [1.807, 2.05) is 12.1 Å². The number of hydrogen-bond donors (Lipinski definition) is 1. The molecule has 0 saturated carbocycles. The van der Waals surface area contributed by atoms with E-state index >= 15 is 0 Å². The first-order valence-corrected chi connectivity index (χ1v) is 4.81. The highest BCUT2D eigenvalue weighted by atomic mass is 32.2. The highest BCUT2D eigenvalue weighted by Crippen LogP contribution is 2.16. The minimum Gasteiger partial charge on any atom is -0.265 e. The van der Waals surface area contributed by atoms with Crippen LogP contribution < -0.4 is 0 Å². The fourth-order valence-corrected chi connectivity index (χ4v) is 1.63. The molecule has 2 heterocycles. The van der Waals surface area contributed by atoms with Crippen LogP contribution in [-0.2, 0) is 5.75 Å². The van der Waals surface area contributed by atoms with Gasteiger partial charge in [-0.15, -0.1) is 0 Å². The third-order valence-electron chi connectivity index (χ3n) is 1.52. The molecule has 66 valence electrons. The standard InChI is InChI=1S/C8H8N4S/c1-3-9-4-2-7(1)5-13-8-10-6-11-12-8/h1-4,6H,5H2,(H,10,11,12). The molecule has 0 aromatic carbocycles. The quantitative estimate of drug-likeness (QED) is 0.748. The van der Waals surface area contributed by atoms with Crippen molar-refractivity contribution >= 4 is 11.8 Å². The molecule has 2 aromatic heterocycles. The van der Waals surface area contributed by atoms with E-state index < -0.39 is 0 Å². The average Bonchev–Trinajstić information content (AvgIpc) is 2.69. The fourth-order valence-electron chi connectivity index (χ4n) is 0.895. The number of pyridine rings is 1. The molecule has 0 unspecified atom stereocenters. The summed E-state index contributed by atoms with van der Waals surface area (Å²) in [5.74, 6) is 0.887. The Balaban J connectivity index is 1.94. The average molecular weight is 192 g/mol. The van der Waals surface area contributed by atoms with Gasteiger partial charge in [-0.3, -0.25) is 10.1 Å². The molecule has 0 fully saturated rings. The summed E-state index contributed by atoms with van der Waals surface area (Å²) in [6, 6.07) is 3.98. The van der Waals surface area contributed by atoms with Crippen LogP contribution in [0.15, 0.2) is 36.0 Å². The van der Waals surface area contributed by atoms with Gasteiger partial charge in [-0.1, -0.05) is 11.8 Å². The van der Waals surface area contributed by atoms with E-state index in [1.165, 1.54) is 11.9 Å². The molecular formula is C8H8N4S. The van der Waals surface area contributed by atoms with Gasteiger partial charge in [0.05, 0.1) is 0 Å². The van der Waals surface area contributed by atoms with Gasteiger partial charge in [0.25, 0.3) is 0 Å². The second-order valence-corrected chi connectivity index (χ2v) is 3.40. The molecule has 5 heteroatoms.